The average molecular weight is 449 g/mol. The standard InChI is InChI=1S/C24H37ClN4O2/c1-3-27(4-2)13-12-26-23(30)22(19-8-5-6-9-19)28-14-16-29(17-15-28)24(31)20-10-7-11-21(25)18-20/h7,10-11,18-19,22H,3-6,8-9,12-17H2,1-2H3,(H,26,30)/t22-/m0/s1. The molecule has 1 aromatic carbocycles. The van der Waals surface area contributed by atoms with E-state index in [0.717, 1.165) is 45.6 Å². The van der Waals surface area contributed by atoms with Crippen LogP contribution in [0.5, 0.6) is 0 Å². The van der Waals surface area contributed by atoms with E-state index >= 15 is 0 Å². The highest BCUT2D eigenvalue weighted by molar-refractivity contribution is 6.30. The molecule has 0 spiro atoms. The van der Waals surface area contributed by atoms with Crippen molar-refractivity contribution in [3.05, 3.63) is 34.9 Å². The molecule has 3 rings (SSSR count). The van der Waals surface area contributed by atoms with Crippen LogP contribution in [-0.4, -0.2) is 84.9 Å². The third-order valence-corrected chi connectivity index (χ3v) is 7.04. The summed E-state index contributed by atoms with van der Waals surface area (Å²) in [6.45, 7) is 10.6. The van der Waals surface area contributed by atoms with Gasteiger partial charge in [-0.3, -0.25) is 14.5 Å². The Morgan fingerprint density at radius 1 is 1.13 bits per heavy atom. The number of amides is 2. The molecule has 1 aliphatic heterocycles. The maximum Gasteiger partial charge on any atom is 0.253 e. The highest BCUT2D eigenvalue weighted by atomic mass is 35.5. The van der Waals surface area contributed by atoms with Gasteiger partial charge in [0.2, 0.25) is 5.91 Å². The van der Waals surface area contributed by atoms with Crippen LogP contribution in [0.2, 0.25) is 5.02 Å². The molecular formula is C24H37ClN4O2. The molecule has 1 N–H and O–H groups in total. The average Bonchev–Trinajstić information content (AvgIpc) is 3.31. The van der Waals surface area contributed by atoms with Gasteiger partial charge in [-0.15, -0.1) is 0 Å². The van der Waals surface area contributed by atoms with Crippen molar-refractivity contribution in [2.75, 3.05) is 52.4 Å². The van der Waals surface area contributed by atoms with Crippen molar-refractivity contribution in [3.8, 4) is 0 Å². The summed E-state index contributed by atoms with van der Waals surface area (Å²) in [4.78, 5) is 32.6. The minimum atomic E-state index is -0.0809. The lowest BCUT2D eigenvalue weighted by molar-refractivity contribution is -0.129. The predicted molar refractivity (Wildman–Crippen MR) is 125 cm³/mol. The number of likely N-dealkylation sites (N-methyl/N-ethyl adjacent to an activating group) is 1. The summed E-state index contributed by atoms with van der Waals surface area (Å²) >= 11 is 6.05. The molecule has 7 heteroatoms. The zero-order chi connectivity index (χ0) is 22.2. The van der Waals surface area contributed by atoms with E-state index in [1.54, 1.807) is 12.1 Å². The van der Waals surface area contributed by atoms with Crippen molar-refractivity contribution < 1.29 is 9.59 Å². The fraction of sp³-hybridized carbons (Fsp3) is 0.667. The van der Waals surface area contributed by atoms with Gasteiger partial charge in [0.25, 0.3) is 5.91 Å². The van der Waals surface area contributed by atoms with E-state index < -0.39 is 0 Å². The second kappa shape index (κ2) is 11.8. The molecule has 172 valence electrons. The van der Waals surface area contributed by atoms with E-state index in [0.29, 0.717) is 36.1 Å². The molecule has 1 saturated carbocycles. The summed E-state index contributed by atoms with van der Waals surface area (Å²) in [7, 11) is 0. The van der Waals surface area contributed by atoms with Crippen LogP contribution in [0.4, 0.5) is 0 Å². The molecule has 1 saturated heterocycles. The minimum absolute atomic E-state index is 0.0169. The van der Waals surface area contributed by atoms with Gasteiger partial charge < -0.3 is 15.1 Å². The number of nitrogens with one attached hydrogen (secondary N) is 1. The summed E-state index contributed by atoms with van der Waals surface area (Å²) in [6, 6.07) is 7.04. The van der Waals surface area contributed by atoms with Crippen LogP contribution in [0.25, 0.3) is 0 Å². The van der Waals surface area contributed by atoms with E-state index in [9.17, 15) is 9.59 Å². The zero-order valence-corrected chi connectivity index (χ0v) is 19.7. The number of halogens is 1. The van der Waals surface area contributed by atoms with Gasteiger partial charge in [0.1, 0.15) is 0 Å². The Morgan fingerprint density at radius 3 is 2.42 bits per heavy atom. The van der Waals surface area contributed by atoms with Crippen LogP contribution in [0.1, 0.15) is 49.9 Å². The number of hydrogen-bond donors (Lipinski definition) is 1. The molecule has 1 aromatic rings. The van der Waals surface area contributed by atoms with Gasteiger partial charge in [0, 0.05) is 49.9 Å². The summed E-state index contributed by atoms with van der Waals surface area (Å²) in [5, 5.41) is 3.78. The Kier molecular flexibility index (Phi) is 9.17. The molecule has 2 aliphatic rings. The Balaban J connectivity index is 1.58. The van der Waals surface area contributed by atoms with Gasteiger partial charge in [-0.1, -0.05) is 44.4 Å². The van der Waals surface area contributed by atoms with Crippen LogP contribution in [0.15, 0.2) is 24.3 Å². The Labute approximate surface area is 191 Å². The predicted octanol–water partition coefficient (Wildman–Crippen LogP) is 3.11. The van der Waals surface area contributed by atoms with Crippen molar-refractivity contribution in [1.29, 1.82) is 0 Å². The summed E-state index contributed by atoms with van der Waals surface area (Å²) in [5.74, 6) is 0.598. The first kappa shape index (κ1) is 24.0. The van der Waals surface area contributed by atoms with E-state index in [1.165, 1.54) is 12.8 Å². The first-order valence-electron chi connectivity index (χ1n) is 11.8. The van der Waals surface area contributed by atoms with Gasteiger partial charge in [-0.2, -0.15) is 0 Å². The number of carbonyl (C=O) groups excluding carboxylic acids is 2. The maximum absolute atomic E-state index is 13.2. The molecule has 2 fully saturated rings. The zero-order valence-electron chi connectivity index (χ0n) is 19.0. The topological polar surface area (TPSA) is 55.9 Å². The van der Waals surface area contributed by atoms with Crippen LogP contribution < -0.4 is 5.32 Å². The first-order chi connectivity index (χ1) is 15.0. The van der Waals surface area contributed by atoms with Crippen molar-refractivity contribution in [2.24, 2.45) is 5.92 Å². The molecule has 0 bridgehead atoms. The van der Waals surface area contributed by atoms with Crippen molar-refractivity contribution in [2.45, 2.75) is 45.6 Å². The maximum atomic E-state index is 13.2. The van der Waals surface area contributed by atoms with Gasteiger partial charge in [-0.25, -0.2) is 0 Å². The molecule has 0 radical (unpaired) electrons. The molecule has 1 atom stereocenters. The van der Waals surface area contributed by atoms with Gasteiger partial charge in [0.05, 0.1) is 6.04 Å². The van der Waals surface area contributed by atoms with Crippen molar-refractivity contribution >= 4 is 23.4 Å². The minimum Gasteiger partial charge on any atom is -0.353 e. The van der Waals surface area contributed by atoms with Gasteiger partial charge >= 0.3 is 0 Å². The summed E-state index contributed by atoms with van der Waals surface area (Å²) in [6.07, 6.45) is 4.66. The SMILES string of the molecule is CCN(CC)CCNC(=O)[C@H](C1CCCC1)N1CCN(C(=O)c2cccc(Cl)c2)CC1. The highest BCUT2D eigenvalue weighted by Crippen LogP contribution is 2.31. The highest BCUT2D eigenvalue weighted by Gasteiger charge is 2.37. The van der Waals surface area contributed by atoms with Crippen LogP contribution in [0, 0.1) is 5.92 Å². The fourth-order valence-corrected chi connectivity index (χ4v) is 5.13. The quantitative estimate of drug-likeness (QED) is 0.630. The third-order valence-electron chi connectivity index (χ3n) is 6.80. The molecule has 1 heterocycles. The lowest BCUT2D eigenvalue weighted by Crippen LogP contribution is -2.58. The number of piperazine rings is 1. The van der Waals surface area contributed by atoms with Gasteiger partial charge in [0.15, 0.2) is 0 Å². The van der Waals surface area contributed by atoms with E-state index in [1.807, 2.05) is 17.0 Å². The summed E-state index contributed by atoms with van der Waals surface area (Å²) < 4.78 is 0. The lowest BCUT2D eigenvalue weighted by atomic mass is 9.95. The van der Waals surface area contributed by atoms with Crippen molar-refractivity contribution in [3.63, 3.8) is 0 Å². The Bertz CT molecular complexity index is 726. The monoisotopic (exact) mass is 448 g/mol. The van der Waals surface area contributed by atoms with E-state index in [-0.39, 0.29) is 17.9 Å². The number of benzene rings is 1. The lowest BCUT2D eigenvalue weighted by Gasteiger charge is -2.40. The van der Waals surface area contributed by atoms with Crippen LogP contribution in [0.3, 0.4) is 0 Å². The van der Waals surface area contributed by atoms with E-state index in [4.69, 9.17) is 11.6 Å². The Morgan fingerprint density at radius 2 is 1.81 bits per heavy atom. The Hall–Kier alpha value is -1.63. The number of rotatable bonds is 9. The molecule has 0 aromatic heterocycles. The van der Waals surface area contributed by atoms with Crippen molar-refractivity contribution in [1.82, 2.24) is 20.0 Å². The first-order valence-corrected chi connectivity index (χ1v) is 12.2. The normalized spacial score (nSPS) is 19.0. The van der Waals surface area contributed by atoms with Gasteiger partial charge in [-0.05, 0) is 50.0 Å². The second-order valence-corrected chi connectivity index (χ2v) is 9.08. The third kappa shape index (κ3) is 6.43. The fourth-order valence-electron chi connectivity index (χ4n) is 4.94. The number of nitrogens with zero attached hydrogens (tertiary/aromatic N) is 3. The molecule has 1 aliphatic carbocycles. The molecule has 0 unspecified atom stereocenters. The molecule has 2 amide bonds. The number of hydrogen-bond acceptors (Lipinski definition) is 4. The number of carbonyl (C=O) groups is 2. The summed E-state index contributed by atoms with van der Waals surface area (Å²) in [5.41, 5.74) is 0.627. The largest absolute Gasteiger partial charge is 0.353 e. The second-order valence-electron chi connectivity index (χ2n) is 8.65. The molecule has 6 nitrogen and oxygen atoms in total. The smallest absolute Gasteiger partial charge is 0.253 e. The van der Waals surface area contributed by atoms with Crippen LogP contribution >= 0.6 is 11.6 Å². The van der Waals surface area contributed by atoms with E-state index in [2.05, 4.69) is 29.0 Å². The molecular weight excluding hydrogens is 412 g/mol. The molecule has 31 heavy (non-hydrogen) atoms. The van der Waals surface area contributed by atoms with Crippen LogP contribution in [-0.2, 0) is 4.79 Å².